The summed E-state index contributed by atoms with van der Waals surface area (Å²) in [4.78, 5) is 0. The fourth-order valence-corrected chi connectivity index (χ4v) is 2.80. The summed E-state index contributed by atoms with van der Waals surface area (Å²) in [5, 5.41) is 8.35. The molecular formula is C15H19BrClN3O. The van der Waals surface area contributed by atoms with Gasteiger partial charge >= 0.3 is 0 Å². The van der Waals surface area contributed by atoms with E-state index in [1.54, 1.807) is 13.3 Å². The molecule has 0 aliphatic rings. The molecule has 0 spiro atoms. The van der Waals surface area contributed by atoms with Crippen molar-refractivity contribution in [1.82, 2.24) is 15.1 Å². The molecular weight excluding hydrogens is 354 g/mol. The van der Waals surface area contributed by atoms with Crippen molar-refractivity contribution in [3.8, 4) is 0 Å². The van der Waals surface area contributed by atoms with Crippen LogP contribution in [0.25, 0.3) is 0 Å². The predicted molar refractivity (Wildman–Crippen MR) is 88.8 cm³/mol. The molecule has 0 bridgehead atoms. The Morgan fingerprint density at radius 1 is 1.38 bits per heavy atom. The van der Waals surface area contributed by atoms with Gasteiger partial charge in [-0.25, -0.2) is 0 Å². The third-order valence-electron chi connectivity index (χ3n) is 3.37. The van der Waals surface area contributed by atoms with Crippen molar-refractivity contribution in [1.29, 1.82) is 0 Å². The van der Waals surface area contributed by atoms with E-state index < -0.39 is 0 Å². The largest absolute Gasteiger partial charge is 0.383 e. The number of halogens is 2. The minimum absolute atomic E-state index is 0.109. The van der Waals surface area contributed by atoms with Crippen LogP contribution < -0.4 is 5.32 Å². The van der Waals surface area contributed by atoms with Crippen molar-refractivity contribution in [2.45, 2.75) is 19.0 Å². The van der Waals surface area contributed by atoms with Gasteiger partial charge in [0.1, 0.15) is 0 Å². The zero-order valence-corrected chi connectivity index (χ0v) is 14.5. The van der Waals surface area contributed by atoms with Gasteiger partial charge in [0.05, 0.1) is 36.1 Å². The summed E-state index contributed by atoms with van der Waals surface area (Å²) >= 11 is 9.77. The molecule has 0 aliphatic carbocycles. The average molecular weight is 373 g/mol. The molecule has 1 heterocycles. The molecule has 2 rings (SSSR count). The summed E-state index contributed by atoms with van der Waals surface area (Å²) in [5.74, 6) is 0. The second-order valence-electron chi connectivity index (χ2n) is 4.77. The number of nitrogens with one attached hydrogen (secondary N) is 1. The summed E-state index contributed by atoms with van der Waals surface area (Å²) < 4.78 is 8.11. The number of methoxy groups -OCH3 is 1. The second-order valence-corrected chi connectivity index (χ2v) is 6.09. The summed E-state index contributed by atoms with van der Waals surface area (Å²) in [7, 11) is 3.62. The Labute approximate surface area is 138 Å². The number of likely N-dealkylation sites (N-methyl/N-ethyl adjacent to an activating group) is 1. The maximum absolute atomic E-state index is 6.32. The Morgan fingerprint density at radius 3 is 2.71 bits per heavy atom. The molecule has 0 fully saturated rings. The standard InChI is InChI=1S/C15H19BrClN3O/c1-18-14(9-11-3-5-12(16)6-4-11)15-13(17)10-19-20(15)7-8-21-2/h3-6,10,14,18H,7-9H2,1-2H3. The van der Waals surface area contributed by atoms with Crippen molar-refractivity contribution in [3.63, 3.8) is 0 Å². The number of ether oxygens (including phenoxy) is 1. The van der Waals surface area contributed by atoms with Crippen LogP contribution in [0.2, 0.25) is 5.02 Å². The highest BCUT2D eigenvalue weighted by Crippen LogP contribution is 2.26. The first-order valence-corrected chi connectivity index (χ1v) is 7.94. The van der Waals surface area contributed by atoms with Crippen LogP contribution in [-0.2, 0) is 17.7 Å². The highest BCUT2D eigenvalue weighted by molar-refractivity contribution is 9.10. The molecule has 0 saturated carbocycles. The number of benzene rings is 1. The van der Waals surface area contributed by atoms with Crippen molar-refractivity contribution >= 4 is 27.5 Å². The average Bonchev–Trinajstić information content (AvgIpc) is 2.85. The Morgan fingerprint density at radius 2 is 2.10 bits per heavy atom. The van der Waals surface area contributed by atoms with E-state index in [0.29, 0.717) is 18.2 Å². The number of rotatable bonds is 7. The molecule has 1 atom stereocenters. The lowest BCUT2D eigenvalue weighted by atomic mass is 10.0. The van der Waals surface area contributed by atoms with Crippen LogP contribution in [0.5, 0.6) is 0 Å². The fourth-order valence-electron chi connectivity index (χ4n) is 2.27. The summed E-state index contributed by atoms with van der Waals surface area (Å²) in [6, 6.07) is 8.42. The first-order chi connectivity index (χ1) is 10.2. The number of aromatic nitrogens is 2. The lowest BCUT2D eigenvalue weighted by Gasteiger charge is -2.19. The molecule has 0 saturated heterocycles. The van der Waals surface area contributed by atoms with Gasteiger partial charge in [0, 0.05) is 11.6 Å². The molecule has 1 N–H and O–H groups in total. The lowest BCUT2D eigenvalue weighted by Crippen LogP contribution is -2.23. The number of hydrogen-bond donors (Lipinski definition) is 1. The van der Waals surface area contributed by atoms with Gasteiger partial charge in [-0.1, -0.05) is 39.7 Å². The summed E-state index contributed by atoms with van der Waals surface area (Å²) in [6.45, 7) is 1.30. The van der Waals surface area contributed by atoms with E-state index in [1.807, 2.05) is 23.9 Å². The molecule has 0 radical (unpaired) electrons. The van der Waals surface area contributed by atoms with Gasteiger partial charge in [0.25, 0.3) is 0 Å². The molecule has 4 nitrogen and oxygen atoms in total. The number of hydrogen-bond acceptors (Lipinski definition) is 3. The van der Waals surface area contributed by atoms with Crippen LogP contribution in [0, 0.1) is 0 Å². The highest BCUT2D eigenvalue weighted by atomic mass is 79.9. The van der Waals surface area contributed by atoms with Gasteiger partial charge in [-0.2, -0.15) is 5.10 Å². The normalized spacial score (nSPS) is 12.6. The van der Waals surface area contributed by atoms with E-state index in [0.717, 1.165) is 16.6 Å². The van der Waals surface area contributed by atoms with Gasteiger partial charge in [-0.3, -0.25) is 4.68 Å². The van der Waals surface area contributed by atoms with Crippen molar-refractivity contribution in [3.05, 3.63) is 51.2 Å². The number of nitrogens with zero attached hydrogens (tertiary/aromatic N) is 2. The summed E-state index contributed by atoms with van der Waals surface area (Å²) in [6.07, 6.45) is 2.54. The zero-order valence-electron chi connectivity index (χ0n) is 12.1. The fraction of sp³-hybridized carbons (Fsp3) is 0.400. The second kappa shape index (κ2) is 7.94. The van der Waals surface area contributed by atoms with Crippen molar-refractivity contribution in [2.24, 2.45) is 0 Å². The summed E-state index contributed by atoms with van der Waals surface area (Å²) in [5.41, 5.74) is 2.24. The highest BCUT2D eigenvalue weighted by Gasteiger charge is 2.19. The maximum atomic E-state index is 6.32. The minimum atomic E-state index is 0.109. The van der Waals surface area contributed by atoms with E-state index >= 15 is 0 Å². The van der Waals surface area contributed by atoms with Crippen molar-refractivity contribution in [2.75, 3.05) is 20.8 Å². The molecule has 0 amide bonds. The Hall–Kier alpha value is -0.880. The van der Waals surface area contributed by atoms with E-state index in [9.17, 15) is 0 Å². The quantitative estimate of drug-likeness (QED) is 0.809. The zero-order chi connectivity index (χ0) is 15.2. The Balaban J connectivity index is 2.20. The minimum Gasteiger partial charge on any atom is -0.383 e. The lowest BCUT2D eigenvalue weighted by molar-refractivity contribution is 0.181. The van der Waals surface area contributed by atoms with Crippen LogP contribution in [0.3, 0.4) is 0 Å². The molecule has 1 aromatic carbocycles. The molecule has 114 valence electrons. The molecule has 0 aliphatic heterocycles. The van der Waals surface area contributed by atoms with Crippen LogP contribution in [-0.4, -0.2) is 30.5 Å². The first-order valence-electron chi connectivity index (χ1n) is 6.77. The molecule has 6 heteroatoms. The van der Waals surface area contributed by atoms with Gasteiger partial charge in [0.2, 0.25) is 0 Å². The molecule has 21 heavy (non-hydrogen) atoms. The van der Waals surface area contributed by atoms with E-state index in [-0.39, 0.29) is 6.04 Å². The monoisotopic (exact) mass is 371 g/mol. The van der Waals surface area contributed by atoms with Gasteiger partial charge < -0.3 is 10.1 Å². The van der Waals surface area contributed by atoms with Crippen LogP contribution in [0.4, 0.5) is 0 Å². The van der Waals surface area contributed by atoms with Crippen LogP contribution in [0.1, 0.15) is 17.3 Å². The first kappa shape index (κ1) is 16.5. The van der Waals surface area contributed by atoms with E-state index in [1.165, 1.54) is 5.56 Å². The van der Waals surface area contributed by atoms with Crippen LogP contribution in [0.15, 0.2) is 34.9 Å². The van der Waals surface area contributed by atoms with E-state index in [4.69, 9.17) is 16.3 Å². The van der Waals surface area contributed by atoms with Gasteiger partial charge in [0.15, 0.2) is 0 Å². The third kappa shape index (κ3) is 4.30. The molecule has 1 aromatic heterocycles. The third-order valence-corrected chi connectivity index (χ3v) is 4.19. The van der Waals surface area contributed by atoms with Gasteiger partial charge in [-0.15, -0.1) is 0 Å². The maximum Gasteiger partial charge on any atom is 0.0834 e. The molecule has 2 aromatic rings. The Bertz CT molecular complexity index is 571. The van der Waals surface area contributed by atoms with Gasteiger partial charge in [-0.05, 0) is 31.2 Å². The smallest absolute Gasteiger partial charge is 0.0834 e. The topological polar surface area (TPSA) is 39.1 Å². The Kier molecular flexibility index (Phi) is 6.23. The molecule has 1 unspecified atom stereocenters. The SMILES string of the molecule is CNC(Cc1ccc(Br)cc1)c1c(Cl)cnn1CCOC. The predicted octanol–water partition coefficient (Wildman–Crippen LogP) is 3.45. The van der Waals surface area contributed by atoms with Crippen LogP contribution >= 0.6 is 27.5 Å². The van der Waals surface area contributed by atoms with Crippen molar-refractivity contribution < 1.29 is 4.74 Å². The van der Waals surface area contributed by atoms with E-state index in [2.05, 4.69) is 38.5 Å².